The van der Waals surface area contributed by atoms with E-state index in [1.807, 2.05) is 0 Å². The van der Waals surface area contributed by atoms with Gasteiger partial charge in [0.25, 0.3) is 15.6 Å². The largest absolute Gasteiger partial charge is 0.756 e. The Hall–Kier alpha value is -3.28. The third kappa shape index (κ3) is 6.02. The molecule has 2 aliphatic rings. The van der Waals surface area contributed by atoms with Crippen LogP contribution in [-0.2, 0) is 32.2 Å². The number of aliphatic hydroxyl groups excluding tert-OH is 3. The maximum absolute atomic E-state index is 12.9. The van der Waals surface area contributed by atoms with Crippen LogP contribution in [0.25, 0.3) is 22.3 Å². The monoisotopic (exact) mass is 674 g/mol. The van der Waals surface area contributed by atoms with Gasteiger partial charge in [0.2, 0.25) is 0 Å². The SMILES string of the molecule is Nc1ncnc2c1ncn2[C@@H]1O[C@H](CO)[C@@H](OP(=O)([O-])OC[C@H]2O[C@@H](n3cnc4c(N)ncnc43)[C@H](OP(=O)([O-])O)[C@@H]2O)[C@H]1O. The molecular formula is C20H24N10O13P2-2. The normalized spacial score (nSPS) is 31.4. The van der Waals surface area contributed by atoms with Crippen molar-refractivity contribution >= 4 is 49.6 Å². The van der Waals surface area contributed by atoms with Crippen molar-refractivity contribution in [1.82, 2.24) is 39.0 Å². The number of anilines is 2. The van der Waals surface area contributed by atoms with Crippen molar-refractivity contribution in [1.29, 1.82) is 0 Å². The zero-order valence-corrected chi connectivity index (χ0v) is 24.2. The van der Waals surface area contributed by atoms with E-state index in [9.17, 15) is 39.1 Å². The highest BCUT2D eigenvalue weighted by molar-refractivity contribution is 7.45. The van der Waals surface area contributed by atoms with Crippen molar-refractivity contribution < 1.29 is 62.2 Å². The summed E-state index contributed by atoms with van der Waals surface area (Å²) < 4.78 is 52.7. The molecule has 4 aromatic rings. The number of phosphoric ester groups is 2. The predicted octanol–water partition coefficient (Wildman–Crippen LogP) is -3.94. The van der Waals surface area contributed by atoms with Gasteiger partial charge in [0, 0.05) is 0 Å². The van der Waals surface area contributed by atoms with Crippen LogP contribution in [0.2, 0.25) is 0 Å². The number of fused-ring (bicyclic) bond motifs is 2. The molecule has 0 amide bonds. The molecule has 2 aliphatic heterocycles. The lowest BCUT2D eigenvalue weighted by atomic mass is 10.1. The van der Waals surface area contributed by atoms with Gasteiger partial charge in [-0.1, -0.05) is 0 Å². The van der Waals surface area contributed by atoms with Gasteiger partial charge in [-0.05, 0) is 0 Å². The number of aromatic nitrogens is 8. The zero-order chi connectivity index (χ0) is 32.3. The Labute approximate surface area is 250 Å². The minimum absolute atomic E-state index is 0.0316. The molecule has 45 heavy (non-hydrogen) atoms. The first-order valence-electron chi connectivity index (χ1n) is 12.8. The molecule has 0 aliphatic carbocycles. The van der Waals surface area contributed by atoms with E-state index in [4.69, 9.17) is 30.0 Å². The van der Waals surface area contributed by atoms with Crippen LogP contribution < -0.4 is 21.3 Å². The lowest BCUT2D eigenvalue weighted by Gasteiger charge is -2.30. The molecule has 0 saturated carbocycles. The average molecular weight is 674 g/mol. The quantitative estimate of drug-likeness (QED) is 0.0874. The van der Waals surface area contributed by atoms with E-state index in [0.717, 1.165) is 23.5 Å². The summed E-state index contributed by atoms with van der Waals surface area (Å²) >= 11 is 0. The minimum atomic E-state index is -5.47. The Balaban J connectivity index is 1.18. The number of imidazole rings is 2. The molecule has 0 radical (unpaired) electrons. The highest BCUT2D eigenvalue weighted by Gasteiger charge is 2.50. The van der Waals surface area contributed by atoms with Crippen LogP contribution in [0.4, 0.5) is 11.6 Å². The number of aliphatic hydroxyl groups is 3. The Kier molecular flexibility index (Phi) is 8.33. The van der Waals surface area contributed by atoms with Crippen molar-refractivity contribution in [2.75, 3.05) is 24.7 Å². The van der Waals surface area contributed by atoms with Gasteiger partial charge < -0.3 is 64.5 Å². The lowest BCUT2D eigenvalue weighted by Crippen LogP contribution is -2.38. The van der Waals surface area contributed by atoms with Gasteiger partial charge in [0.05, 0.1) is 25.9 Å². The molecule has 23 nitrogen and oxygen atoms in total. The second-order valence-corrected chi connectivity index (χ2v) is 12.3. The fourth-order valence-corrected chi connectivity index (χ4v) is 6.52. The van der Waals surface area contributed by atoms with E-state index < -0.39 is 77.9 Å². The number of hydrogen-bond acceptors (Lipinski definition) is 20. The standard InChI is InChI=1S/C20H26N10O13P2/c21-15-9-17(25-3-23-15)29(5-27-9)19-12(33)13(7(1-31)40-19)43-45(37,38)39-2-8-11(32)14(42-44(34,35)36)20(41-8)30-6-28-10-16(22)24-4-26-18(10)30/h3-8,11-14,19-20,31-33H,1-2H2,(H,37,38)(H2,21,23,25)(H2,22,24,26)(H2,34,35,36)/p-2/t7-,8-,11-,12-,13-,14-,19-,20-/m1/s1. The average Bonchev–Trinajstić information content (AvgIpc) is 3.73. The summed E-state index contributed by atoms with van der Waals surface area (Å²) in [7, 11) is -10.9. The third-order valence-corrected chi connectivity index (χ3v) is 8.50. The Morgan fingerprint density at radius 2 is 1.38 bits per heavy atom. The van der Waals surface area contributed by atoms with E-state index in [1.54, 1.807) is 0 Å². The second kappa shape index (κ2) is 11.8. The zero-order valence-electron chi connectivity index (χ0n) is 22.4. The number of phosphoric acid groups is 2. The van der Waals surface area contributed by atoms with Gasteiger partial charge in [-0.25, -0.2) is 29.9 Å². The topological polar surface area (TPSA) is 347 Å². The van der Waals surface area contributed by atoms with Crippen molar-refractivity contribution in [3.8, 4) is 0 Å². The molecule has 8 N–H and O–H groups in total. The van der Waals surface area contributed by atoms with Crippen LogP contribution in [0.3, 0.4) is 0 Å². The molecule has 244 valence electrons. The van der Waals surface area contributed by atoms with Crippen LogP contribution in [0.1, 0.15) is 12.5 Å². The van der Waals surface area contributed by atoms with Crippen LogP contribution in [0, 0.1) is 0 Å². The Bertz CT molecular complexity index is 1800. The second-order valence-electron chi connectivity index (χ2n) is 9.81. The smallest absolute Gasteiger partial charge is 0.268 e. The summed E-state index contributed by atoms with van der Waals surface area (Å²) in [4.78, 5) is 57.5. The Morgan fingerprint density at radius 1 is 0.822 bits per heavy atom. The van der Waals surface area contributed by atoms with Crippen molar-refractivity contribution in [3.63, 3.8) is 0 Å². The molecule has 2 unspecified atom stereocenters. The number of nitrogens with zero attached hydrogens (tertiary/aromatic N) is 8. The molecule has 0 bridgehead atoms. The maximum atomic E-state index is 12.9. The summed E-state index contributed by atoms with van der Waals surface area (Å²) in [5.74, 6) is 0.00737. The van der Waals surface area contributed by atoms with Gasteiger partial charge in [-0.3, -0.25) is 18.3 Å². The molecular weight excluding hydrogens is 650 g/mol. The summed E-state index contributed by atoms with van der Waals surface area (Å²) in [5.41, 5.74) is 12.0. The summed E-state index contributed by atoms with van der Waals surface area (Å²) in [6.45, 7) is -1.74. The first-order chi connectivity index (χ1) is 21.3. The van der Waals surface area contributed by atoms with Crippen LogP contribution in [0.15, 0.2) is 25.3 Å². The van der Waals surface area contributed by atoms with Gasteiger partial charge in [-0.15, -0.1) is 0 Å². The molecule has 6 heterocycles. The summed E-state index contributed by atoms with van der Waals surface area (Å²) in [6.07, 6.45) is -8.41. The molecule has 4 aromatic heterocycles. The van der Waals surface area contributed by atoms with Crippen molar-refractivity contribution in [2.45, 2.75) is 49.1 Å². The predicted molar refractivity (Wildman–Crippen MR) is 140 cm³/mol. The minimum Gasteiger partial charge on any atom is -0.756 e. The highest BCUT2D eigenvalue weighted by atomic mass is 31.2. The first kappa shape index (κ1) is 31.7. The lowest BCUT2D eigenvalue weighted by molar-refractivity contribution is -0.236. The van der Waals surface area contributed by atoms with Crippen LogP contribution >= 0.6 is 15.6 Å². The van der Waals surface area contributed by atoms with E-state index in [2.05, 4.69) is 34.4 Å². The van der Waals surface area contributed by atoms with Crippen LogP contribution in [0.5, 0.6) is 0 Å². The Morgan fingerprint density at radius 3 is 1.93 bits per heavy atom. The van der Waals surface area contributed by atoms with Crippen molar-refractivity contribution in [2.24, 2.45) is 0 Å². The van der Waals surface area contributed by atoms with E-state index >= 15 is 0 Å². The first-order valence-corrected chi connectivity index (χ1v) is 15.7. The van der Waals surface area contributed by atoms with E-state index in [0.29, 0.717) is 0 Å². The van der Waals surface area contributed by atoms with E-state index in [-0.39, 0.29) is 34.0 Å². The molecule has 2 fully saturated rings. The highest BCUT2D eigenvalue weighted by Crippen LogP contribution is 2.47. The summed E-state index contributed by atoms with van der Waals surface area (Å²) in [6, 6.07) is 0. The van der Waals surface area contributed by atoms with Gasteiger partial charge in [0.1, 0.15) is 60.3 Å². The molecule has 0 aromatic carbocycles. The maximum Gasteiger partial charge on any atom is 0.268 e. The fourth-order valence-electron chi connectivity index (χ4n) is 5.03. The molecule has 2 saturated heterocycles. The van der Waals surface area contributed by atoms with Gasteiger partial charge in [0.15, 0.2) is 35.4 Å². The third-order valence-electron chi connectivity index (χ3n) is 7.03. The van der Waals surface area contributed by atoms with Crippen LogP contribution in [-0.4, -0.2) is 109 Å². The van der Waals surface area contributed by atoms with Gasteiger partial charge in [-0.2, -0.15) is 0 Å². The summed E-state index contributed by atoms with van der Waals surface area (Å²) in [5, 5.41) is 31.6. The molecule has 10 atom stereocenters. The molecule has 6 rings (SSSR count). The van der Waals surface area contributed by atoms with Gasteiger partial charge >= 0.3 is 0 Å². The number of hydrogen-bond donors (Lipinski definition) is 6. The number of nitrogens with two attached hydrogens (primary N) is 2. The fraction of sp³-hybridized carbons (Fsp3) is 0.500. The van der Waals surface area contributed by atoms with E-state index in [1.165, 1.54) is 10.9 Å². The number of rotatable bonds is 10. The molecule has 0 spiro atoms. The van der Waals surface area contributed by atoms with Crippen molar-refractivity contribution in [3.05, 3.63) is 25.3 Å². The number of nitrogen functional groups attached to an aromatic ring is 2. The molecule has 25 heteroatoms. The number of ether oxygens (including phenoxy) is 2.